The Kier molecular flexibility index (Phi) is 15.1. The van der Waals surface area contributed by atoms with Gasteiger partial charge in [-0.05, 0) is 38.0 Å². The van der Waals surface area contributed by atoms with Crippen LogP contribution in [0.25, 0.3) is 0 Å². The normalized spacial score (nSPS) is 15.4. The highest BCUT2D eigenvalue weighted by molar-refractivity contribution is 5.82. The van der Waals surface area contributed by atoms with Gasteiger partial charge in [-0.2, -0.15) is 0 Å². The lowest BCUT2D eigenvalue weighted by molar-refractivity contribution is -0.144. The number of rotatable bonds is 15. The molecule has 0 aliphatic heterocycles. The van der Waals surface area contributed by atoms with Crippen molar-refractivity contribution in [1.82, 2.24) is 0 Å². The van der Waals surface area contributed by atoms with Crippen LogP contribution in [-0.4, -0.2) is 25.3 Å². The molecule has 0 aliphatic carbocycles. The van der Waals surface area contributed by atoms with Crippen LogP contribution < -0.4 is 0 Å². The average molecular weight is 341 g/mol. The molecule has 0 fully saturated rings. The molecule has 3 unspecified atom stereocenters. The summed E-state index contributed by atoms with van der Waals surface area (Å²) in [5.74, 6) is 0.843. The quantitative estimate of drug-likeness (QED) is 0.211. The van der Waals surface area contributed by atoms with Crippen molar-refractivity contribution in [2.24, 2.45) is 11.8 Å². The van der Waals surface area contributed by atoms with Crippen LogP contribution in [0.4, 0.5) is 0 Å². The molecule has 142 valence electrons. The third-order valence-corrected chi connectivity index (χ3v) is 4.78. The molecule has 0 amide bonds. The third kappa shape index (κ3) is 11.7. The van der Waals surface area contributed by atoms with Gasteiger partial charge in [0.05, 0.1) is 6.61 Å². The van der Waals surface area contributed by atoms with E-state index in [4.69, 9.17) is 9.47 Å². The molecule has 0 bridgehead atoms. The minimum Gasteiger partial charge on any atom is -0.459 e. The topological polar surface area (TPSA) is 35.5 Å². The molecule has 0 saturated heterocycles. The minimum absolute atomic E-state index is 0.0156. The molecule has 0 aliphatic rings. The Morgan fingerprint density at radius 2 is 1.67 bits per heavy atom. The second kappa shape index (κ2) is 15.7. The van der Waals surface area contributed by atoms with E-state index in [-0.39, 0.29) is 12.1 Å². The smallest absolute Gasteiger partial charge is 0.330 e. The van der Waals surface area contributed by atoms with E-state index >= 15 is 0 Å². The van der Waals surface area contributed by atoms with Gasteiger partial charge in [0.25, 0.3) is 0 Å². The Balaban J connectivity index is 3.98. The Labute approximate surface area is 150 Å². The van der Waals surface area contributed by atoms with Crippen molar-refractivity contribution in [2.45, 2.75) is 92.1 Å². The minimum atomic E-state index is -0.251. The SMILES string of the molecule is CCCCC(CC)COC/C=C\C(=O)OC(C)C(CC)CCCC. The Morgan fingerprint density at radius 3 is 2.25 bits per heavy atom. The molecule has 0 aromatic heterocycles. The van der Waals surface area contributed by atoms with Gasteiger partial charge in [0.2, 0.25) is 0 Å². The number of hydrogen-bond donors (Lipinski definition) is 0. The fourth-order valence-electron chi connectivity index (χ4n) is 2.90. The van der Waals surface area contributed by atoms with Gasteiger partial charge in [0.15, 0.2) is 0 Å². The number of carbonyl (C=O) groups excluding carboxylic acids is 1. The van der Waals surface area contributed by atoms with Gasteiger partial charge in [0, 0.05) is 12.7 Å². The fourth-order valence-corrected chi connectivity index (χ4v) is 2.90. The maximum absolute atomic E-state index is 11.9. The van der Waals surface area contributed by atoms with Gasteiger partial charge < -0.3 is 9.47 Å². The van der Waals surface area contributed by atoms with Crippen molar-refractivity contribution >= 4 is 5.97 Å². The molecule has 3 heteroatoms. The summed E-state index contributed by atoms with van der Waals surface area (Å²) in [7, 11) is 0. The number of esters is 1. The van der Waals surface area contributed by atoms with Crippen molar-refractivity contribution in [3.8, 4) is 0 Å². The molecule has 3 atom stereocenters. The first-order chi connectivity index (χ1) is 11.6. The van der Waals surface area contributed by atoms with E-state index in [2.05, 4.69) is 27.7 Å². The predicted octanol–water partition coefficient (Wildman–Crippen LogP) is 5.92. The van der Waals surface area contributed by atoms with Gasteiger partial charge in [0.1, 0.15) is 6.10 Å². The number of hydrogen-bond acceptors (Lipinski definition) is 3. The van der Waals surface area contributed by atoms with Crippen molar-refractivity contribution in [2.75, 3.05) is 13.2 Å². The molecule has 0 aromatic carbocycles. The van der Waals surface area contributed by atoms with Gasteiger partial charge in [-0.1, -0.05) is 65.9 Å². The number of unbranched alkanes of at least 4 members (excludes halogenated alkanes) is 2. The van der Waals surface area contributed by atoms with Crippen molar-refractivity contribution in [1.29, 1.82) is 0 Å². The first-order valence-electron chi connectivity index (χ1n) is 10.0. The zero-order valence-electron chi connectivity index (χ0n) is 16.7. The summed E-state index contributed by atoms with van der Waals surface area (Å²) in [6.45, 7) is 12.1. The second-order valence-electron chi connectivity index (χ2n) is 6.81. The molecule has 0 N–H and O–H groups in total. The molecule has 0 aromatic rings. The maximum atomic E-state index is 11.9. The lowest BCUT2D eigenvalue weighted by atomic mass is 9.94. The van der Waals surface area contributed by atoms with E-state index in [0.717, 1.165) is 25.9 Å². The lowest BCUT2D eigenvalue weighted by Crippen LogP contribution is -2.23. The van der Waals surface area contributed by atoms with E-state index in [0.29, 0.717) is 18.4 Å². The molecule has 0 spiro atoms. The van der Waals surface area contributed by atoms with Crippen LogP contribution in [0, 0.1) is 11.8 Å². The van der Waals surface area contributed by atoms with Gasteiger partial charge in [-0.15, -0.1) is 0 Å². The molecule has 0 heterocycles. The summed E-state index contributed by atoms with van der Waals surface area (Å²) in [6.07, 6.45) is 12.7. The van der Waals surface area contributed by atoms with Crippen LogP contribution >= 0.6 is 0 Å². The highest BCUT2D eigenvalue weighted by atomic mass is 16.5. The first-order valence-corrected chi connectivity index (χ1v) is 10.0. The van der Waals surface area contributed by atoms with Crippen molar-refractivity contribution < 1.29 is 14.3 Å². The van der Waals surface area contributed by atoms with Crippen LogP contribution in [-0.2, 0) is 14.3 Å². The Hall–Kier alpha value is -0.830. The van der Waals surface area contributed by atoms with E-state index in [9.17, 15) is 4.79 Å². The number of ether oxygens (including phenoxy) is 2. The number of carbonyl (C=O) groups is 1. The Bertz CT molecular complexity index is 325. The molecule has 3 nitrogen and oxygen atoms in total. The summed E-state index contributed by atoms with van der Waals surface area (Å²) >= 11 is 0. The zero-order chi connectivity index (χ0) is 18.2. The predicted molar refractivity (Wildman–Crippen MR) is 102 cm³/mol. The zero-order valence-corrected chi connectivity index (χ0v) is 16.7. The van der Waals surface area contributed by atoms with Crippen molar-refractivity contribution in [3.63, 3.8) is 0 Å². The van der Waals surface area contributed by atoms with E-state index in [1.165, 1.54) is 38.2 Å². The molecule has 0 rings (SSSR count). The molecule has 24 heavy (non-hydrogen) atoms. The molecule has 0 saturated carbocycles. The van der Waals surface area contributed by atoms with E-state index in [1.54, 1.807) is 6.08 Å². The average Bonchev–Trinajstić information content (AvgIpc) is 2.57. The highest BCUT2D eigenvalue weighted by Gasteiger charge is 2.17. The monoisotopic (exact) mass is 340 g/mol. The lowest BCUT2D eigenvalue weighted by Gasteiger charge is -2.22. The van der Waals surface area contributed by atoms with Gasteiger partial charge in [-0.3, -0.25) is 0 Å². The van der Waals surface area contributed by atoms with Gasteiger partial charge >= 0.3 is 5.97 Å². The molecular formula is C21H40O3. The summed E-state index contributed by atoms with van der Waals surface area (Å²) in [5, 5.41) is 0. The van der Waals surface area contributed by atoms with Crippen LogP contribution in [0.5, 0.6) is 0 Å². The standard InChI is InChI=1S/C21H40O3/c1-6-10-13-19(8-3)17-23-16-12-15-21(22)24-18(5)20(9-4)14-11-7-2/h12,15,18-20H,6-11,13-14,16-17H2,1-5H3/b15-12-. The first kappa shape index (κ1) is 23.2. The van der Waals surface area contributed by atoms with Crippen LogP contribution in [0.1, 0.15) is 86.0 Å². The summed E-state index contributed by atoms with van der Waals surface area (Å²) in [6, 6.07) is 0. The largest absolute Gasteiger partial charge is 0.459 e. The van der Waals surface area contributed by atoms with Crippen LogP contribution in [0.2, 0.25) is 0 Å². The highest BCUT2D eigenvalue weighted by Crippen LogP contribution is 2.19. The molecular weight excluding hydrogens is 300 g/mol. The Morgan fingerprint density at radius 1 is 1.00 bits per heavy atom. The summed E-state index contributed by atoms with van der Waals surface area (Å²) < 4.78 is 11.2. The second-order valence-corrected chi connectivity index (χ2v) is 6.81. The fraction of sp³-hybridized carbons (Fsp3) is 0.857. The van der Waals surface area contributed by atoms with Crippen LogP contribution in [0.15, 0.2) is 12.2 Å². The summed E-state index contributed by atoms with van der Waals surface area (Å²) in [4.78, 5) is 11.9. The van der Waals surface area contributed by atoms with E-state index < -0.39 is 0 Å². The maximum Gasteiger partial charge on any atom is 0.330 e. The van der Waals surface area contributed by atoms with E-state index in [1.807, 2.05) is 6.92 Å². The van der Waals surface area contributed by atoms with Crippen LogP contribution in [0.3, 0.4) is 0 Å². The molecule has 0 radical (unpaired) electrons. The summed E-state index contributed by atoms with van der Waals surface area (Å²) in [5.41, 5.74) is 0. The third-order valence-electron chi connectivity index (χ3n) is 4.78. The van der Waals surface area contributed by atoms with Crippen molar-refractivity contribution in [3.05, 3.63) is 12.2 Å². The van der Waals surface area contributed by atoms with Gasteiger partial charge in [-0.25, -0.2) is 4.79 Å².